The molecule has 6 N–H and O–H groups in total. The number of nitrogens with two attached hydrogens (primary N) is 1. The van der Waals surface area contributed by atoms with Gasteiger partial charge < -0.3 is 31.0 Å². The molecule has 39 heavy (non-hydrogen) atoms. The number of aliphatic hydroxyl groups excluding tert-OH is 1. The SMILES string of the molecule is C[C@H]1[C@H]([Si](C)(C)O)[C@@H](CCn2cc(CCO)nn2)O[C@]12C(=O)Nc1ccc(NC(=O)c3ccc(N)cc3)cc12. The van der Waals surface area contributed by atoms with E-state index in [2.05, 4.69) is 20.9 Å². The zero-order valence-electron chi connectivity index (χ0n) is 22.2. The second-order valence-corrected chi connectivity index (χ2v) is 14.9. The second-order valence-electron chi connectivity index (χ2n) is 10.9. The molecule has 0 unspecified atom stereocenters. The summed E-state index contributed by atoms with van der Waals surface area (Å²) in [5, 5.41) is 23.2. The predicted octanol–water partition coefficient (Wildman–Crippen LogP) is 2.49. The normalized spacial score (nSPS) is 24.1. The number of hydrogen-bond acceptors (Lipinski definition) is 8. The number of amides is 2. The quantitative estimate of drug-likeness (QED) is 0.211. The maximum atomic E-state index is 13.6. The van der Waals surface area contributed by atoms with Crippen molar-refractivity contribution in [3.8, 4) is 0 Å². The van der Waals surface area contributed by atoms with E-state index in [1.165, 1.54) is 0 Å². The summed E-state index contributed by atoms with van der Waals surface area (Å²) < 4.78 is 8.36. The number of ether oxygens (including phenoxy) is 1. The number of aryl methyl sites for hydroxylation is 1. The Morgan fingerprint density at radius 1 is 1.26 bits per heavy atom. The van der Waals surface area contributed by atoms with Gasteiger partial charge >= 0.3 is 0 Å². The average molecular weight is 551 g/mol. The highest BCUT2D eigenvalue weighted by Gasteiger charge is 2.64. The van der Waals surface area contributed by atoms with Crippen molar-refractivity contribution in [3.63, 3.8) is 0 Å². The predicted molar refractivity (Wildman–Crippen MR) is 148 cm³/mol. The minimum atomic E-state index is -2.79. The number of hydrogen-bond donors (Lipinski definition) is 5. The molecule has 1 saturated heterocycles. The van der Waals surface area contributed by atoms with Gasteiger partial charge in [-0.25, -0.2) is 0 Å². The first-order chi connectivity index (χ1) is 18.5. The Bertz CT molecular complexity index is 1390. The summed E-state index contributed by atoms with van der Waals surface area (Å²) in [6.45, 7) is 6.18. The Hall–Kier alpha value is -3.58. The molecule has 2 aromatic carbocycles. The standard InChI is InChI=1S/C27H34N6O5Si/c1-16-24(39(2,3)37)23(10-12-33-15-20(11-13-34)31-32-33)38-27(16)21-14-19(8-9-22(21)30-26(27)36)29-25(35)17-4-6-18(28)7-5-17/h4-9,14-16,23-24,34,37H,10-13,28H2,1-3H3,(H,29,35)(H,30,36)/t16-,23+,24-,27+/m0/s1. The number of benzene rings is 2. The van der Waals surface area contributed by atoms with Crippen molar-refractivity contribution < 1.29 is 24.2 Å². The van der Waals surface area contributed by atoms with Crippen LogP contribution in [-0.4, -0.2) is 57.7 Å². The first-order valence-corrected chi connectivity index (χ1v) is 16.1. The number of carbonyl (C=O) groups is 2. The van der Waals surface area contributed by atoms with Gasteiger partial charge in [0.15, 0.2) is 13.9 Å². The van der Waals surface area contributed by atoms with Crippen LogP contribution in [-0.2, 0) is 28.1 Å². The van der Waals surface area contributed by atoms with Crippen molar-refractivity contribution in [2.24, 2.45) is 5.92 Å². The van der Waals surface area contributed by atoms with E-state index in [-0.39, 0.29) is 29.9 Å². The average Bonchev–Trinajstić information content (AvgIpc) is 3.53. The highest BCUT2D eigenvalue weighted by atomic mass is 28.4. The van der Waals surface area contributed by atoms with Crippen LogP contribution in [0.1, 0.15) is 35.0 Å². The monoisotopic (exact) mass is 550 g/mol. The lowest BCUT2D eigenvalue weighted by molar-refractivity contribution is -0.143. The molecular weight excluding hydrogens is 516 g/mol. The molecule has 2 aliphatic heterocycles. The number of carbonyl (C=O) groups excluding carboxylic acids is 2. The Morgan fingerprint density at radius 3 is 2.69 bits per heavy atom. The Kier molecular flexibility index (Phi) is 7.05. The summed E-state index contributed by atoms with van der Waals surface area (Å²) in [5.74, 6) is -0.891. The smallest absolute Gasteiger partial charge is 0.261 e. The minimum Gasteiger partial charge on any atom is -0.432 e. The largest absolute Gasteiger partial charge is 0.432 e. The van der Waals surface area contributed by atoms with Crippen LogP contribution in [0, 0.1) is 5.92 Å². The van der Waals surface area contributed by atoms with E-state index >= 15 is 0 Å². The van der Waals surface area contributed by atoms with E-state index < -0.39 is 20.0 Å². The van der Waals surface area contributed by atoms with Gasteiger partial charge in [0, 0.05) is 65.4 Å². The maximum absolute atomic E-state index is 13.6. The molecule has 0 radical (unpaired) electrons. The molecule has 12 heteroatoms. The number of rotatable bonds is 8. The van der Waals surface area contributed by atoms with Gasteiger partial charge in [-0.2, -0.15) is 0 Å². The number of nitrogen functional groups attached to an aromatic ring is 1. The summed E-state index contributed by atoms with van der Waals surface area (Å²) in [6.07, 6.45) is 2.33. The molecule has 1 spiro atoms. The van der Waals surface area contributed by atoms with Crippen molar-refractivity contribution in [1.82, 2.24) is 15.0 Å². The van der Waals surface area contributed by atoms with Crippen molar-refractivity contribution in [3.05, 3.63) is 65.5 Å². The molecule has 1 aromatic heterocycles. The zero-order valence-corrected chi connectivity index (χ0v) is 23.2. The number of nitrogens with zero attached hydrogens (tertiary/aromatic N) is 3. The van der Waals surface area contributed by atoms with Gasteiger partial charge in [0.05, 0.1) is 11.8 Å². The van der Waals surface area contributed by atoms with E-state index in [0.29, 0.717) is 53.3 Å². The summed E-state index contributed by atoms with van der Waals surface area (Å²) in [4.78, 5) is 37.7. The van der Waals surface area contributed by atoms with Gasteiger partial charge in [-0.3, -0.25) is 14.3 Å². The molecule has 0 saturated carbocycles. The van der Waals surface area contributed by atoms with Crippen LogP contribution in [0.4, 0.5) is 17.1 Å². The van der Waals surface area contributed by atoms with Crippen molar-refractivity contribution in [2.45, 2.75) is 56.7 Å². The number of aliphatic hydroxyl groups is 1. The first kappa shape index (κ1) is 27.0. The van der Waals surface area contributed by atoms with E-state index in [1.54, 1.807) is 53.3 Å². The van der Waals surface area contributed by atoms with Gasteiger partial charge in [0.25, 0.3) is 11.8 Å². The molecular formula is C27H34N6O5Si. The molecule has 4 atom stereocenters. The minimum absolute atomic E-state index is 0.00617. The third-order valence-corrected chi connectivity index (χ3v) is 10.3. The number of nitrogens with one attached hydrogen (secondary N) is 2. The summed E-state index contributed by atoms with van der Waals surface area (Å²) in [6, 6.07) is 11.9. The summed E-state index contributed by atoms with van der Waals surface area (Å²) >= 11 is 0. The number of anilines is 3. The Labute approximate surface area is 227 Å². The second kappa shape index (κ2) is 10.2. The lowest BCUT2D eigenvalue weighted by Crippen LogP contribution is -2.43. The lowest BCUT2D eigenvalue weighted by atomic mass is 9.82. The fraction of sp³-hybridized carbons (Fsp3) is 0.407. The topological polar surface area (TPSA) is 165 Å². The highest BCUT2D eigenvalue weighted by molar-refractivity contribution is 6.71. The van der Waals surface area contributed by atoms with E-state index in [1.807, 2.05) is 20.0 Å². The molecule has 206 valence electrons. The van der Waals surface area contributed by atoms with Crippen LogP contribution in [0.25, 0.3) is 0 Å². The van der Waals surface area contributed by atoms with Crippen molar-refractivity contribution in [2.75, 3.05) is 23.0 Å². The molecule has 2 amide bonds. The van der Waals surface area contributed by atoms with Crippen LogP contribution in [0.15, 0.2) is 48.7 Å². The van der Waals surface area contributed by atoms with E-state index in [0.717, 1.165) is 0 Å². The third kappa shape index (κ3) is 4.96. The fourth-order valence-corrected chi connectivity index (χ4v) is 8.62. The Morgan fingerprint density at radius 2 is 2.00 bits per heavy atom. The van der Waals surface area contributed by atoms with E-state index in [9.17, 15) is 14.4 Å². The van der Waals surface area contributed by atoms with Gasteiger partial charge in [0.2, 0.25) is 0 Å². The molecule has 0 aliphatic carbocycles. The molecule has 5 rings (SSSR count). The van der Waals surface area contributed by atoms with Crippen LogP contribution in [0.5, 0.6) is 0 Å². The van der Waals surface area contributed by atoms with Gasteiger partial charge in [0.1, 0.15) is 0 Å². The van der Waals surface area contributed by atoms with Crippen LogP contribution < -0.4 is 16.4 Å². The zero-order chi connectivity index (χ0) is 27.9. The summed E-state index contributed by atoms with van der Waals surface area (Å²) in [5.41, 5.74) is 7.72. The van der Waals surface area contributed by atoms with Crippen LogP contribution in [0.2, 0.25) is 18.6 Å². The molecule has 2 aliphatic rings. The first-order valence-electron chi connectivity index (χ1n) is 13.1. The van der Waals surface area contributed by atoms with Gasteiger partial charge in [-0.1, -0.05) is 12.1 Å². The van der Waals surface area contributed by atoms with Crippen molar-refractivity contribution >= 4 is 37.2 Å². The maximum Gasteiger partial charge on any atom is 0.261 e. The van der Waals surface area contributed by atoms with Crippen molar-refractivity contribution in [1.29, 1.82) is 0 Å². The number of fused-ring (bicyclic) bond motifs is 2. The lowest BCUT2D eigenvalue weighted by Gasteiger charge is -2.32. The molecule has 3 heterocycles. The fourth-order valence-electron chi connectivity index (χ4n) is 6.02. The Balaban J connectivity index is 1.43. The number of aromatic nitrogens is 3. The highest BCUT2D eigenvalue weighted by Crippen LogP contribution is 2.58. The summed E-state index contributed by atoms with van der Waals surface area (Å²) in [7, 11) is -2.79. The van der Waals surface area contributed by atoms with Gasteiger partial charge in [-0.05, 0) is 62.0 Å². The molecule has 3 aromatic rings. The van der Waals surface area contributed by atoms with Crippen LogP contribution in [0.3, 0.4) is 0 Å². The molecule has 1 fully saturated rings. The molecule has 11 nitrogen and oxygen atoms in total. The third-order valence-electron chi connectivity index (χ3n) is 7.77. The molecule has 0 bridgehead atoms. The van der Waals surface area contributed by atoms with Crippen LogP contribution >= 0.6 is 0 Å². The van der Waals surface area contributed by atoms with Gasteiger partial charge in [-0.15, -0.1) is 5.10 Å². The van der Waals surface area contributed by atoms with E-state index in [4.69, 9.17) is 15.6 Å².